The Morgan fingerprint density at radius 2 is 1.94 bits per heavy atom. The summed E-state index contributed by atoms with van der Waals surface area (Å²) in [6.45, 7) is 2.44. The van der Waals surface area contributed by atoms with Crippen molar-refractivity contribution in [3.05, 3.63) is 47.5 Å². The second-order valence-corrected chi connectivity index (χ2v) is 3.79. The van der Waals surface area contributed by atoms with Crippen LogP contribution in [0, 0.1) is 6.92 Å². The van der Waals surface area contributed by atoms with E-state index in [9.17, 15) is 9.59 Å². The summed E-state index contributed by atoms with van der Waals surface area (Å²) in [6, 6.07) is 7.76. The van der Waals surface area contributed by atoms with E-state index < -0.39 is 5.97 Å². The Morgan fingerprint density at radius 3 is 2.53 bits per heavy atom. The SMILES string of the molecule is Cc1ccccc1CN(C)C(=O)/C=C/C(=O)O. The number of rotatable bonds is 4. The molecule has 0 saturated carbocycles. The largest absolute Gasteiger partial charge is 0.478 e. The van der Waals surface area contributed by atoms with E-state index in [0.29, 0.717) is 6.54 Å². The number of carboxylic acids is 1. The molecule has 0 radical (unpaired) electrons. The van der Waals surface area contributed by atoms with Gasteiger partial charge in [0.05, 0.1) is 0 Å². The van der Waals surface area contributed by atoms with E-state index in [4.69, 9.17) is 5.11 Å². The maximum atomic E-state index is 11.5. The van der Waals surface area contributed by atoms with Crippen LogP contribution in [0.3, 0.4) is 0 Å². The molecule has 0 aliphatic rings. The van der Waals surface area contributed by atoms with Crippen LogP contribution >= 0.6 is 0 Å². The zero-order valence-electron chi connectivity index (χ0n) is 9.88. The molecular formula is C13H15NO3. The maximum Gasteiger partial charge on any atom is 0.328 e. The van der Waals surface area contributed by atoms with Crippen molar-refractivity contribution >= 4 is 11.9 Å². The first-order valence-electron chi connectivity index (χ1n) is 5.21. The Kier molecular flexibility index (Phi) is 4.46. The van der Waals surface area contributed by atoms with Gasteiger partial charge in [-0.05, 0) is 18.1 Å². The summed E-state index contributed by atoms with van der Waals surface area (Å²) in [5.74, 6) is -1.45. The number of carbonyl (C=O) groups excluding carboxylic acids is 1. The Bertz CT molecular complexity index is 452. The van der Waals surface area contributed by atoms with Crippen molar-refractivity contribution in [2.75, 3.05) is 7.05 Å². The van der Waals surface area contributed by atoms with Gasteiger partial charge < -0.3 is 10.0 Å². The lowest BCUT2D eigenvalue weighted by molar-refractivity contribution is -0.132. The molecule has 1 aromatic carbocycles. The second-order valence-electron chi connectivity index (χ2n) is 3.79. The molecule has 0 saturated heterocycles. The normalized spacial score (nSPS) is 10.5. The van der Waals surface area contributed by atoms with Crippen molar-refractivity contribution < 1.29 is 14.7 Å². The fraction of sp³-hybridized carbons (Fsp3) is 0.231. The highest BCUT2D eigenvalue weighted by Gasteiger charge is 2.07. The second kappa shape index (κ2) is 5.84. The molecule has 4 nitrogen and oxygen atoms in total. The van der Waals surface area contributed by atoms with Gasteiger partial charge in [0.15, 0.2) is 0 Å². The summed E-state index contributed by atoms with van der Waals surface area (Å²) in [6.07, 6.45) is 1.90. The van der Waals surface area contributed by atoms with Crippen LogP contribution in [0.15, 0.2) is 36.4 Å². The minimum atomic E-state index is -1.12. The molecule has 0 atom stereocenters. The van der Waals surface area contributed by atoms with Crippen LogP contribution in [0.1, 0.15) is 11.1 Å². The van der Waals surface area contributed by atoms with Crippen LogP contribution in [0.5, 0.6) is 0 Å². The van der Waals surface area contributed by atoms with Crippen LogP contribution in [-0.4, -0.2) is 28.9 Å². The quantitative estimate of drug-likeness (QED) is 0.803. The topological polar surface area (TPSA) is 57.6 Å². The number of benzene rings is 1. The lowest BCUT2D eigenvalue weighted by atomic mass is 10.1. The first-order chi connectivity index (χ1) is 8.00. The molecule has 0 spiro atoms. The van der Waals surface area contributed by atoms with Gasteiger partial charge in [-0.3, -0.25) is 4.79 Å². The smallest absolute Gasteiger partial charge is 0.328 e. The number of carboxylic acid groups (broad SMARTS) is 1. The van der Waals surface area contributed by atoms with Crippen LogP contribution in [0.4, 0.5) is 0 Å². The summed E-state index contributed by atoms with van der Waals surface area (Å²) in [7, 11) is 1.64. The molecule has 0 fully saturated rings. The zero-order valence-corrected chi connectivity index (χ0v) is 9.88. The Balaban J connectivity index is 2.67. The first kappa shape index (κ1) is 13.0. The summed E-state index contributed by atoms with van der Waals surface area (Å²) in [5.41, 5.74) is 2.15. The molecule has 1 N–H and O–H groups in total. The van der Waals surface area contributed by atoms with Gasteiger partial charge in [-0.15, -0.1) is 0 Å². The van der Waals surface area contributed by atoms with E-state index in [1.807, 2.05) is 31.2 Å². The molecule has 1 aromatic rings. The molecule has 0 aromatic heterocycles. The van der Waals surface area contributed by atoms with Gasteiger partial charge in [0, 0.05) is 25.7 Å². The van der Waals surface area contributed by atoms with Gasteiger partial charge in [-0.25, -0.2) is 4.79 Å². The molecule has 0 heterocycles. The predicted octanol–water partition coefficient (Wildman–Crippen LogP) is 1.59. The standard InChI is InChI=1S/C13H15NO3/c1-10-5-3-4-6-11(10)9-14(2)12(15)7-8-13(16)17/h3-8H,9H2,1-2H3,(H,16,17)/b8-7+. The number of aryl methyl sites for hydroxylation is 1. The highest BCUT2D eigenvalue weighted by atomic mass is 16.4. The van der Waals surface area contributed by atoms with E-state index in [1.54, 1.807) is 7.05 Å². The van der Waals surface area contributed by atoms with Crippen LogP contribution in [0.2, 0.25) is 0 Å². The number of likely N-dealkylation sites (N-methyl/N-ethyl adjacent to an activating group) is 1. The van der Waals surface area contributed by atoms with E-state index in [2.05, 4.69) is 0 Å². The summed E-state index contributed by atoms with van der Waals surface area (Å²) < 4.78 is 0. The summed E-state index contributed by atoms with van der Waals surface area (Å²) in [4.78, 5) is 23.3. The van der Waals surface area contributed by atoms with Crippen molar-refractivity contribution in [1.29, 1.82) is 0 Å². The van der Waals surface area contributed by atoms with Gasteiger partial charge in [0.25, 0.3) is 0 Å². The number of hydrogen-bond donors (Lipinski definition) is 1. The molecule has 17 heavy (non-hydrogen) atoms. The third-order valence-electron chi connectivity index (χ3n) is 2.41. The van der Waals surface area contributed by atoms with Gasteiger partial charge in [0.2, 0.25) is 5.91 Å². The predicted molar refractivity (Wildman–Crippen MR) is 64.4 cm³/mol. The highest BCUT2D eigenvalue weighted by Crippen LogP contribution is 2.09. The highest BCUT2D eigenvalue weighted by molar-refractivity contribution is 5.93. The molecular weight excluding hydrogens is 218 g/mol. The molecule has 4 heteroatoms. The van der Waals surface area contributed by atoms with E-state index in [-0.39, 0.29) is 5.91 Å². The monoisotopic (exact) mass is 233 g/mol. The molecule has 0 aliphatic heterocycles. The third-order valence-corrected chi connectivity index (χ3v) is 2.41. The number of amides is 1. The van der Waals surface area contributed by atoms with Gasteiger partial charge in [-0.1, -0.05) is 24.3 Å². The Hall–Kier alpha value is -2.10. The molecule has 0 aliphatic carbocycles. The zero-order chi connectivity index (χ0) is 12.8. The average Bonchev–Trinajstić information content (AvgIpc) is 2.28. The van der Waals surface area contributed by atoms with Crippen LogP contribution < -0.4 is 0 Å². The van der Waals surface area contributed by atoms with Gasteiger partial charge in [0.1, 0.15) is 0 Å². The van der Waals surface area contributed by atoms with E-state index in [1.165, 1.54) is 4.90 Å². The fourth-order valence-electron chi connectivity index (χ4n) is 1.39. The maximum absolute atomic E-state index is 11.5. The Morgan fingerprint density at radius 1 is 1.29 bits per heavy atom. The van der Waals surface area contributed by atoms with Crippen LogP contribution in [0.25, 0.3) is 0 Å². The average molecular weight is 233 g/mol. The molecule has 0 unspecified atom stereocenters. The lowest BCUT2D eigenvalue weighted by Gasteiger charge is -2.16. The summed E-state index contributed by atoms with van der Waals surface area (Å²) in [5, 5.41) is 8.42. The number of carbonyl (C=O) groups is 2. The van der Waals surface area contributed by atoms with Crippen molar-refractivity contribution in [2.24, 2.45) is 0 Å². The minimum absolute atomic E-state index is 0.323. The number of aliphatic carboxylic acids is 1. The van der Waals surface area contributed by atoms with Crippen molar-refractivity contribution in [1.82, 2.24) is 4.90 Å². The van der Waals surface area contributed by atoms with Crippen molar-refractivity contribution in [2.45, 2.75) is 13.5 Å². The first-order valence-corrected chi connectivity index (χ1v) is 5.21. The van der Waals surface area contributed by atoms with Crippen molar-refractivity contribution in [3.63, 3.8) is 0 Å². The molecule has 90 valence electrons. The fourth-order valence-corrected chi connectivity index (χ4v) is 1.39. The molecule has 1 rings (SSSR count). The summed E-state index contributed by atoms with van der Waals surface area (Å²) >= 11 is 0. The van der Waals surface area contributed by atoms with Gasteiger partial charge in [-0.2, -0.15) is 0 Å². The Labute approximate surface area is 100 Å². The van der Waals surface area contributed by atoms with E-state index in [0.717, 1.165) is 23.3 Å². The number of nitrogens with zero attached hydrogens (tertiary/aromatic N) is 1. The number of hydrogen-bond acceptors (Lipinski definition) is 2. The van der Waals surface area contributed by atoms with Crippen molar-refractivity contribution in [3.8, 4) is 0 Å². The lowest BCUT2D eigenvalue weighted by Crippen LogP contribution is -2.24. The van der Waals surface area contributed by atoms with E-state index >= 15 is 0 Å². The molecule has 1 amide bonds. The minimum Gasteiger partial charge on any atom is -0.478 e. The van der Waals surface area contributed by atoms with Crippen LogP contribution in [-0.2, 0) is 16.1 Å². The third kappa shape index (κ3) is 4.10. The van der Waals surface area contributed by atoms with Gasteiger partial charge >= 0.3 is 5.97 Å². The molecule has 0 bridgehead atoms.